The van der Waals surface area contributed by atoms with E-state index >= 15 is 0 Å². The number of benzene rings is 5. The Labute approximate surface area is 379 Å². The first-order valence-corrected chi connectivity index (χ1v) is 21.6. The van der Waals surface area contributed by atoms with Gasteiger partial charge in [-0.05, 0) is 114 Å². The molecule has 11 nitrogen and oxygen atoms in total. The molecule has 0 aliphatic carbocycles. The lowest BCUT2D eigenvalue weighted by Gasteiger charge is -2.37. The number of hydrogen-bond donors (Lipinski definition) is 2. The van der Waals surface area contributed by atoms with Crippen LogP contribution < -0.4 is 19.5 Å². The van der Waals surface area contributed by atoms with Gasteiger partial charge in [0.05, 0.1) is 10.0 Å². The van der Waals surface area contributed by atoms with Crippen LogP contribution >= 0.6 is 23.2 Å². The molecule has 13 heteroatoms. The van der Waals surface area contributed by atoms with E-state index in [9.17, 15) is 19.5 Å². The molecule has 0 radical (unpaired) electrons. The van der Waals surface area contributed by atoms with Crippen LogP contribution in [0.4, 0.5) is 0 Å². The van der Waals surface area contributed by atoms with Crippen LogP contribution in [0, 0.1) is 20.8 Å². The zero-order valence-electron chi connectivity index (χ0n) is 35.2. The number of aliphatic carboxylic acids is 1. The van der Waals surface area contributed by atoms with Crippen molar-refractivity contribution < 1.29 is 38.1 Å². The number of aromatic nitrogens is 1. The van der Waals surface area contributed by atoms with E-state index < -0.39 is 36.0 Å². The number of amides is 2. The Hall–Kier alpha value is -6.82. The number of carboxylic acids is 1. The maximum atomic E-state index is 14.6. The Morgan fingerprint density at radius 1 is 0.859 bits per heavy atom. The van der Waals surface area contributed by atoms with Crippen LogP contribution in [0.25, 0.3) is 22.1 Å². The van der Waals surface area contributed by atoms with Crippen LogP contribution in [0.5, 0.6) is 17.2 Å². The van der Waals surface area contributed by atoms with E-state index in [0.29, 0.717) is 45.0 Å². The van der Waals surface area contributed by atoms with Crippen molar-refractivity contribution in [1.82, 2.24) is 15.2 Å². The Morgan fingerprint density at radius 3 is 2.36 bits per heavy atom. The van der Waals surface area contributed by atoms with Crippen molar-refractivity contribution in [2.45, 2.75) is 65.0 Å². The number of pyridine rings is 1. The van der Waals surface area contributed by atoms with Gasteiger partial charge in [-0.2, -0.15) is 0 Å². The lowest BCUT2D eigenvalue weighted by atomic mass is 9.91. The molecule has 4 heterocycles. The first kappa shape index (κ1) is 42.5. The van der Waals surface area contributed by atoms with Gasteiger partial charge in [0, 0.05) is 42.2 Å². The number of carboxylic acid groups (broad SMARTS) is 1. The lowest BCUT2D eigenvalue weighted by molar-refractivity contribution is -0.142. The number of para-hydroxylation sites is 1. The fraction of sp³-hybridized carbons (Fsp3) is 0.216. The third-order valence-corrected chi connectivity index (χ3v) is 12.8. The third-order valence-electron chi connectivity index (χ3n) is 12.1. The quantitative estimate of drug-likeness (QED) is 0.130. The molecule has 0 saturated heterocycles. The number of carbonyl (C=O) groups excluding carboxylic acids is 2. The number of rotatable bonds is 11. The van der Waals surface area contributed by atoms with Crippen molar-refractivity contribution in [1.29, 1.82) is 0 Å². The van der Waals surface area contributed by atoms with Crippen molar-refractivity contribution in [3.63, 3.8) is 0 Å². The number of ether oxygens (including phenoxy) is 3. The average molecular weight is 897 g/mol. The number of nitrogens with one attached hydrogen (secondary N) is 1. The SMILES string of the molecule is Cc1nccc(-c2ccc(CC(NC(=O)C3Cc4cc5c(cc4CN3C(=O)c3oc4ccccc4c3C)OC(c3ccc(OCc4ccc(Cl)c(Cl)c4)cc3)CO5)C(=O)O)cc2)c1C. The predicted molar refractivity (Wildman–Crippen MR) is 243 cm³/mol. The molecule has 0 bridgehead atoms. The first-order valence-electron chi connectivity index (χ1n) is 20.9. The maximum absolute atomic E-state index is 14.6. The highest BCUT2D eigenvalue weighted by atomic mass is 35.5. The number of fused-ring (bicyclic) bond motifs is 3. The topological polar surface area (TPSA) is 140 Å². The molecule has 324 valence electrons. The summed E-state index contributed by atoms with van der Waals surface area (Å²) in [5.74, 6) is -0.501. The van der Waals surface area contributed by atoms with Crippen molar-refractivity contribution >= 4 is 52.0 Å². The van der Waals surface area contributed by atoms with Gasteiger partial charge in [-0.1, -0.05) is 83.9 Å². The number of halogens is 2. The van der Waals surface area contributed by atoms with Gasteiger partial charge in [0.1, 0.15) is 36.6 Å². The average Bonchev–Trinajstić information content (AvgIpc) is 3.64. The Kier molecular flexibility index (Phi) is 11.8. The van der Waals surface area contributed by atoms with E-state index in [1.807, 2.05) is 112 Å². The van der Waals surface area contributed by atoms with Gasteiger partial charge in [-0.15, -0.1) is 0 Å². The fourth-order valence-corrected chi connectivity index (χ4v) is 8.64. The highest BCUT2D eigenvalue weighted by molar-refractivity contribution is 6.42. The molecule has 3 unspecified atom stereocenters. The van der Waals surface area contributed by atoms with Crippen LogP contribution in [-0.4, -0.2) is 51.5 Å². The van der Waals surface area contributed by atoms with Gasteiger partial charge in [-0.3, -0.25) is 14.6 Å². The number of furan rings is 1. The molecule has 2 aliphatic heterocycles. The molecule has 0 fully saturated rings. The molecule has 2 aromatic heterocycles. The summed E-state index contributed by atoms with van der Waals surface area (Å²) in [4.78, 5) is 47.5. The van der Waals surface area contributed by atoms with Crippen LogP contribution in [0.15, 0.2) is 120 Å². The van der Waals surface area contributed by atoms with Crippen molar-refractivity contribution in [3.8, 4) is 28.4 Å². The van der Waals surface area contributed by atoms with E-state index in [1.54, 1.807) is 24.4 Å². The lowest BCUT2D eigenvalue weighted by Crippen LogP contribution is -2.56. The van der Waals surface area contributed by atoms with Crippen molar-refractivity contribution in [2.75, 3.05) is 6.61 Å². The van der Waals surface area contributed by atoms with Crippen molar-refractivity contribution in [3.05, 3.63) is 176 Å². The van der Waals surface area contributed by atoms with Crippen LogP contribution in [0.1, 0.15) is 61.3 Å². The molecular formula is C51H43Cl2N3O8. The molecule has 2 amide bonds. The molecule has 9 rings (SSSR count). The number of nitrogens with zero attached hydrogens (tertiary/aromatic N) is 2. The molecule has 5 aromatic carbocycles. The number of hydrogen-bond acceptors (Lipinski definition) is 8. The van der Waals surface area contributed by atoms with Crippen molar-refractivity contribution in [2.24, 2.45) is 0 Å². The Bertz CT molecular complexity index is 2930. The summed E-state index contributed by atoms with van der Waals surface area (Å²) in [5, 5.41) is 14.9. The largest absolute Gasteiger partial charge is 0.489 e. The summed E-state index contributed by atoms with van der Waals surface area (Å²) in [5.41, 5.74) is 9.22. The minimum absolute atomic E-state index is 0.0298. The zero-order chi connectivity index (χ0) is 44.6. The second-order valence-corrected chi connectivity index (χ2v) is 17.0. The molecule has 0 spiro atoms. The summed E-state index contributed by atoms with van der Waals surface area (Å²) >= 11 is 12.2. The molecular weight excluding hydrogens is 853 g/mol. The minimum atomic E-state index is -1.27. The zero-order valence-corrected chi connectivity index (χ0v) is 36.7. The number of carbonyl (C=O) groups is 3. The summed E-state index contributed by atoms with van der Waals surface area (Å²) in [6.07, 6.45) is 1.47. The molecule has 64 heavy (non-hydrogen) atoms. The van der Waals surface area contributed by atoms with Gasteiger partial charge >= 0.3 is 5.97 Å². The third kappa shape index (κ3) is 8.61. The van der Waals surface area contributed by atoms with E-state index in [1.165, 1.54) is 4.90 Å². The summed E-state index contributed by atoms with van der Waals surface area (Å²) in [6, 6.07) is 31.2. The number of aryl methyl sites for hydroxylation is 2. The monoisotopic (exact) mass is 895 g/mol. The highest BCUT2D eigenvalue weighted by Crippen LogP contribution is 2.41. The standard InChI is InChI=1S/C51H43Cl2N3O8/c1-28-30(3)54-19-18-38(28)33-11-8-31(9-12-33)21-42(51(59)60)55-49(57)43-22-35-23-45-46(24-36(35)25-56(43)50(58)48-29(2)39-6-4-5-7-44(39)64-48)63-47(27-62-45)34-13-15-37(16-14-34)61-26-32-10-17-40(52)41(53)20-32/h4-20,23-24,42-43,47H,21-22,25-27H2,1-3H3,(H,55,57)(H,59,60). The van der Waals surface area contributed by atoms with Gasteiger partial charge in [0.2, 0.25) is 5.91 Å². The second kappa shape index (κ2) is 17.7. The van der Waals surface area contributed by atoms with E-state index in [4.69, 9.17) is 41.8 Å². The normalized spacial score (nSPS) is 15.9. The summed E-state index contributed by atoms with van der Waals surface area (Å²) in [6.45, 7) is 6.36. The van der Waals surface area contributed by atoms with Gasteiger partial charge in [-0.25, -0.2) is 4.79 Å². The smallest absolute Gasteiger partial charge is 0.326 e. The van der Waals surface area contributed by atoms with Gasteiger partial charge < -0.3 is 34.0 Å². The maximum Gasteiger partial charge on any atom is 0.326 e. The van der Waals surface area contributed by atoms with E-state index in [0.717, 1.165) is 55.6 Å². The molecule has 0 saturated carbocycles. The molecule has 3 atom stereocenters. The Balaban J connectivity index is 0.947. The van der Waals surface area contributed by atoms with Gasteiger partial charge in [0.15, 0.2) is 23.4 Å². The highest BCUT2D eigenvalue weighted by Gasteiger charge is 2.40. The van der Waals surface area contributed by atoms with Crippen LogP contribution in [0.3, 0.4) is 0 Å². The fourth-order valence-electron chi connectivity index (χ4n) is 8.32. The van der Waals surface area contributed by atoms with Crippen LogP contribution in [-0.2, 0) is 35.6 Å². The van der Waals surface area contributed by atoms with E-state index in [2.05, 4.69) is 10.3 Å². The van der Waals surface area contributed by atoms with E-state index in [-0.39, 0.29) is 31.8 Å². The molecule has 7 aromatic rings. The summed E-state index contributed by atoms with van der Waals surface area (Å²) < 4.78 is 24.8. The van der Waals surface area contributed by atoms with Gasteiger partial charge in [0.25, 0.3) is 5.91 Å². The molecule has 2 N–H and O–H groups in total. The Morgan fingerprint density at radius 2 is 1.61 bits per heavy atom. The minimum Gasteiger partial charge on any atom is -0.489 e. The first-order chi connectivity index (χ1) is 30.9. The molecule has 2 aliphatic rings. The predicted octanol–water partition coefficient (Wildman–Crippen LogP) is 10.2. The second-order valence-electron chi connectivity index (χ2n) is 16.2. The summed E-state index contributed by atoms with van der Waals surface area (Å²) in [7, 11) is 0. The van der Waals surface area contributed by atoms with Crippen LogP contribution in [0.2, 0.25) is 10.0 Å².